The minimum Gasteiger partial charge on any atom is -0.353 e. The summed E-state index contributed by atoms with van der Waals surface area (Å²) < 4.78 is 3.94. The van der Waals surface area contributed by atoms with Crippen molar-refractivity contribution < 1.29 is 4.79 Å². The van der Waals surface area contributed by atoms with Crippen LogP contribution in [0.1, 0.15) is 10.4 Å². The average molecular weight is 372 g/mol. The van der Waals surface area contributed by atoms with Crippen molar-refractivity contribution in [2.24, 2.45) is 0 Å². The minimum absolute atomic E-state index is 0.0825. The van der Waals surface area contributed by atoms with Gasteiger partial charge in [0, 0.05) is 62.5 Å². The Morgan fingerprint density at radius 1 is 0.857 bits per heavy atom. The lowest BCUT2D eigenvalue weighted by atomic mass is 10.2. The van der Waals surface area contributed by atoms with E-state index < -0.39 is 0 Å². The Morgan fingerprint density at radius 2 is 1.61 bits per heavy atom. The number of piperazine rings is 1. The molecule has 0 unspecified atom stereocenters. The van der Waals surface area contributed by atoms with Crippen LogP contribution in [0.15, 0.2) is 73.6 Å². The number of rotatable bonds is 3. The molecule has 4 aromatic rings. The van der Waals surface area contributed by atoms with Gasteiger partial charge in [-0.2, -0.15) is 0 Å². The fourth-order valence-electron chi connectivity index (χ4n) is 3.63. The maximum Gasteiger partial charge on any atom is 0.255 e. The highest BCUT2D eigenvalue weighted by Crippen LogP contribution is 2.18. The van der Waals surface area contributed by atoms with Gasteiger partial charge in [-0.1, -0.05) is 6.07 Å². The predicted molar refractivity (Wildman–Crippen MR) is 107 cm³/mol. The molecule has 7 heteroatoms. The maximum atomic E-state index is 12.9. The van der Waals surface area contributed by atoms with Crippen LogP contribution in [0.5, 0.6) is 0 Å². The summed E-state index contributed by atoms with van der Waals surface area (Å²) in [6, 6.07) is 13.8. The van der Waals surface area contributed by atoms with E-state index in [4.69, 9.17) is 0 Å². The van der Waals surface area contributed by atoms with E-state index in [1.165, 1.54) is 0 Å². The van der Waals surface area contributed by atoms with Crippen LogP contribution in [0.3, 0.4) is 0 Å². The molecule has 0 bridgehead atoms. The van der Waals surface area contributed by atoms with Crippen LogP contribution in [0.4, 0.5) is 5.82 Å². The lowest BCUT2D eigenvalue weighted by Crippen LogP contribution is -2.49. The minimum atomic E-state index is 0.0825. The van der Waals surface area contributed by atoms with E-state index in [1.54, 1.807) is 6.33 Å². The molecule has 0 atom stereocenters. The Morgan fingerprint density at radius 3 is 2.39 bits per heavy atom. The van der Waals surface area contributed by atoms with E-state index in [1.807, 2.05) is 81.1 Å². The van der Waals surface area contributed by atoms with Crippen molar-refractivity contribution in [3.8, 4) is 5.82 Å². The molecule has 0 saturated carbocycles. The maximum absolute atomic E-state index is 12.9. The molecule has 0 spiro atoms. The first-order valence-corrected chi connectivity index (χ1v) is 9.34. The normalized spacial score (nSPS) is 14.6. The third-order valence-electron chi connectivity index (χ3n) is 5.15. The molecule has 1 aliphatic heterocycles. The number of nitrogens with zero attached hydrogens (tertiary/aromatic N) is 6. The number of carbonyl (C=O) groups excluding carboxylic acids is 1. The first-order valence-electron chi connectivity index (χ1n) is 9.34. The molecular formula is C21H20N6O. The van der Waals surface area contributed by atoms with Gasteiger partial charge in [0.1, 0.15) is 18.0 Å². The highest BCUT2D eigenvalue weighted by molar-refractivity contribution is 5.95. The van der Waals surface area contributed by atoms with Crippen LogP contribution in [-0.4, -0.2) is 55.9 Å². The van der Waals surface area contributed by atoms with Crippen molar-refractivity contribution in [3.63, 3.8) is 0 Å². The molecule has 1 fully saturated rings. The van der Waals surface area contributed by atoms with E-state index in [0.717, 1.165) is 35.8 Å². The second-order valence-electron chi connectivity index (χ2n) is 6.87. The van der Waals surface area contributed by atoms with Crippen LogP contribution in [0.2, 0.25) is 0 Å². The van der Waals surface area contributed by atoms with E-state index in [-0.39, 0.29) is 5.91 Å². The van der Waals surface area contributed by atoms with Gasteiger partial charge in [-0.25, -0.2) is 9.97 Å². The topological polar surface area (TPSA) is 58.7 Å². The molecule has 0 aromatic carbocycles. The predicted octanol–water partition coefficient (Wildman–Crippen LogP) is 2.48. The van der Waals surface area contributed by atoms with E-state index in [2.05, 4.69) is 14.9 Å². The van der Waals surface area contributed by atoms with Gasteiger partial charge in [0.15, 0.2) is 0 Å². The Kier molecular flexibility index (Phi) is 4.05. The van der Waals surface area contributed by atoms with Crippen LogP contribution in [0, 0.1) is 0 Å². The molecule has 5 rings (SSSR count). The molecular weight excluding hydrogens is 352 g/mol. The summed E-state index contributed by atoms with van der Waals surface area (Å²) >= 11 is 0. The second kappa shape index (κ2) is 6.84. The summed E-state index contributed by atoms with van der Waals surface area (Å²) in [5.41, 5.74) is 1.76. The quantitative estimate of drug-likeness (QED) is 0.554. The first kappa shape index (κ1) is 16.6. The molecule has 1 saturated heterocycles. The SMILES string of the molecule is O=C(c1cc2ccccn2c1)N1CCN(c2cc(-n3cccc3)ncn2)CC1. The Balaban J connectivity index is 1.28. The molecule has 28 heavy (non-hydrogen) atoms. The van der Waals surface area contributed by atoms with Gasteiger partial charge in [-0.15, -0.1) is 0 Å². The molecule has 4 aromatic heterocycles. The molecule has 7 nitrogen and oxygen atoms in total. The first-order chi connectivity index (χ1) is 13.8. The summed E-state index contributed by atoms with van der Waals surface area (Å²) in [7, 11) is 0. The van der Waals surface area contributed by atoms with Gasteiger partial charge in [0.2, 0.25) is 0 Å². The van der Waals surface area contributed by atoms with Crippen LogP contribution in [0.25, 0.3) is 11.3 Å². The lowest BCUT2D eigenvalue weighted by Gasteiger charge is -2.35. The zero-order valence-corrected chi connectivity index (χ0v) is 15.3. The van der Waals surface area contributed by atoms with Gasteiger partial charge in [0.05, 0.1) is 5.56 Å². The average Bonchev–Trinajstić information content (AvgIpc) is 3.43. The van der Waals surface area contributed by atoms with E-state index >= 15 is 0 Å². The second-order valence-corrected chi connectivity index (χ2v) is 6.87. The fraction of sp³-hybridized carbons (Fsp3) is 0.190. The molecule has 0 N–H and O–H groups in total. The monoisotopic (exact) mass is 372 g/mol. The van der Waals surface area contributed by atoms with Crippen molar-refractivity contribution in [1.82, 2.24) is 23.8 Å². The molecule has 0 radical (unpaired) electrons. The van der Waals surface area contributed by atoms with E-state index in [9.17, 15) is 4.79 Å². The summed E-state index contributed by atoms with van der Waals surface area (Å²) in [5, 5.41) is 0. The highest BCUT2D eigenvalue weighted by Gasteiger charge is 2.24. The molecule has 5 heterocycles. The molecule has 0 aliphatic carbocycles. The number of hydrogen-bond acceptors (Lipinski definition) is 4. The lowest BCUT2D eigenvalue weighted by molar-refractivity contribution is 0.0746. The summed E-state index contributed by atoms with van der Waals surface area (Å²) in [5.74, 6) is 1.81. The van der Waals surface area contributed by atoms with Crippen molar-refractivity contribution in [3.05, 3.63) is 79.1 Å². The third-order valence-corrected chi connectivity index (χ3v) is 5.15. The van der Waals surface area contributed by atoms with Crippen molar-refractivity contribution in [2.75, 3.05) is 31.1 Å². The number of aromatic nitrogens is 4. The van der Waals surface area contributed by atoms with E-state index in [0.29, 0.717) is 13.1 Å². The largest absolute Gasteiger partial charge is 0.353 e. The number of hydrogen-bond donors (Lipinski definition) is 0. The number of anilines is 1. The zero-order valence-electron chi connectivity index (χ0n) is 15.3. The molecule has 1 aliphatic rings. The van der Waals surface area contributed by atoms with Crippen LogP contribution >= 0.6 is 0 Å². The van der Waals surface area contributed by atoms with Gasteiger partial charge in [-0.05, 0) is 30.3 Å². The fourth-order valence-corrected chi connectivity index (χ4v) is 3.63. The Labute approximate surface area is 162 Å². The smallest absolute Gasteiger partial charge is 0.255 e. The Hall–Kier alpha value is -3.61. The van der Waals surface area contributed by atoms with Crippen LogP contribution in [-0.2, 0) is 0 Å². The van der Waals surface area contributed by atoms with Crippen molar-refractivity contribution in [1.29, 1.82) is 0 Å². The summed E-state index contributed by atoms with van der Waals surface area (Å²) in [6.45, 7) is 2.85. The standard InChI is InChI=1S/C21H20N6O/c28-21(17-13-18-5-1-2-8-27(18)15-17)26-11-9-25(10-12-26)20-14-19(22-16-23-20)24-6-3-4-7-24/h1-8,13-16H,9-12H2. The third kappa shape index (κ3) is 3.00. The molecule has 140 valence electrons. The van der Waals surface area contributed by atoms with Gasteiger partial charge < -0.3 is 18.8 Å². The van der Waals surface area contributed by atoms with Gasteiger partial charge >= 0.3 is 0 Å². The summed E-state index contributed by atoms with van der Waals surface area (Å²) in [4.78, 5) is 25.8. The number of fused-ring (bicyclic) bond motifs is 1. The van der Waals surface area contributed by atoms with Gasteiger partial charge in [-0.3, -0.25) is 4.79 Å². The highest BCUT2D eigenvalue weighted by atomic mass is 16.2. The number of amides is 1. The molecule has 1 amide bonds. The number of carbonyl (C=O) groups is 1. The van der Waals surface area contributed by atoms with Crippen LogP contribution < -0.4 is 4.90 Å². The zero-order chi connectivity index (χ0) is 18.9. The van der Waals surface area contributed by atoms with Gasteiger partial charge in [0.25, 0.3) is 5.91 Å². The number of pyridine rings is 1. The summed E-state index contributed by atoms with van der Waals surface area (Å²) in [6.07, 6.45) is 9.38. The van der Waals surface area contributed by atoms with Crippen molar-refractivity contribution in [2.45, 2.75) is 0 Å². The van der Waals surface area contributed by atoms with Crippen molar-refractivity contribution >= 4 is 17.2 Å². The Bertz CT molecular complexity index is 1080.